The Morgan fingerprint density at radius 3 is 2.39 bits per heavy atom. The Balaban J connectivity index is 1.32. The van der Waals surface area contributed by atoms with Gasteiger partial charge in [-0.15, -0.1) is 8.78 Å². The molecule has 1 fully saturated rings. The van der Waals surface area contributed by atoms with Crippen molar-refractivity contribution in [1.29, 1.82) is 0 Å². The van der Waals surface area contributed by atoms with E-state index >= 15 is 0 Å². The van der Waals surface area contributed by atoms with Gasteiger partial charge in [-0.2, -0.15) is 0 Å². The molecular weight excluding hydrogens is 414 g/mol. The average Bonchev–Trinajstić information content (AvgIpc) is 3.10. The lowest BCUT2D eigenvalue weighted by atomic mass is 10.2. The number of ether oxygens (including phenoxy) is 3. The highest BCUT2D eigenvalue weighted by Gasteiger charge is 2.43. The molecule has 162 valence electrons. The number of hydrogen-bond donors (Lipinski definition) is 0. The molecular formula is C20H18F2N4O5. The molecule has 2 aliphatic heterocycles. The number of aromatic nitrogens is 2. The van der Waals surface area contributed by atoms with Crippen LogP contribution in [0.15, 0.2) is 36.7 Å². The summed E-state index contributed by atoms with van der Waals surface area (Å²) in [6, 6.07) is 4.44. The van der Waals surface area contributed by atoms with E-state index in [1.807, 2.05) is 0 Å². The highest BCUT2D eigenvalue weighted by Crippen LogP contribution is 2.41. The molecule has 0 unspecified atom stereocenters. The Labute approximate surface area is 175 Å². The second-order valence-electron chi connectivity index (χ2n) is 6.78. The van der Waals surface area contributed by atoms with E-state index in [-0.39, 0.29) is 29.3 Å². The molecule has 0 aliphatic carbocycles. The third kappa shape index (κ3) is 4.55. The van der Waals surface area contributed by atoms with Gasteiger partial charge in [0, 0.05) is 44.6 Å². The molecule has 1 saturated heterocycles. The van der Waals surface area contributed by atoms with E-state index in [4.69, 9.17) is 4.74 Å². The first-order chi connectivity index (χ1) is 14.8. The standard InChI is InChI=1S/C20H18F2N4O5/c1-29-19-23-11-14(12-24-19)18(28)26-8-6-25(7-9-26)17(27)5-3-13-2-4-15-16(10-13)31-20(21,22)30-15/h2-5,10-12H,6-9H2,1H3/b5-3+. The van der Waals surface area contributed by atoms with Crippen molar-refractivity contribution >= 4 is 17.9 Å². The molecule has 11 heteroatoms. The molecule has 1 aromatic heterocycles. The van der Waals surface area contributed by atoms with E-state index < -0.39 is 6.29 Å². The number of carbonyl (C=O) groups is 2. The van der Waals surface area contributed by atoms with E-state index in [1.54, 1.807) is 15.9 Å². The molecule has 9 nitrogen and oxygen atoms in total. The van der Waals surface area contributed by atoms with Crippen LogP contribution in [0.1, 0.15) is 15.9 Å². The highest BCUT2D eigenvalue weighted by molar-refractivity contribution is 5.94. The Kier molecular flexibility index (Phi) is 5.40. The number of methoxy groups -OCH3 is 1. The summed E-state index contributed by atoms with van der Waals surface area (Å²) >= 11 is 0. The van der Waals surface area contributed by atoms with Crippen LogP contribution in [0.25, 0.3) is 6.08 Å². The molecule has 2 amide bonds. The van der Waals surface area contributed by atoms with Crippen molar-refractivity contribution in [2.45, 2.75) is 6.29 Å². The number of hydrogen-bond acceptors (Lipinski definition) is 7. The van der Waals surface area contributed by atoms with Crippen LogP contribution in [-0.4, -0.2) is 71.2 Å². The third-order valence-corrected chi connectivity index (χ3v) is 4.78. The summed E-state index contributed by atoms with van der Waals surface area (Å²) in [5.74, 6) is -0.615. The number of carbonyl (C=O) groups excluding carboxylic acids is 2. The minimum atomic E-state index is -3.68. The molecule has 4 rings (SSSR count). The zero-order chi connectivity index (χ0) is 22.0. The van der Waals surface area contributed by atoms with Gasteiger partial charge in [-0.3, -0.25) is 9.59 Å². The van der Waals surface area contributed by atoms with Crippen molar-refractivity contribution < 1.29 is 32.6 Å². The fraction of sp³-hybridized carbons (Fsp3) is 0.300. The SMILES string of the molecule is COc1ncc(C(=O)N2CCN(C(=O)/C=C/c3ccc4c(c3)OC(F)(F)O4)CC2)cn1. The van der Waals surface area contributed by atoms with Gasteiger partial charge in [0.15, 0.2) is 11.5 Å². The molecule has 0 N–H and O–H groups in total. The van der Waals surface area contributed by atoms with E-state index in [1.165, 1.54) is 43.8 Å². The summed E-state index contributed by atoms with van der Waals surface area (Å²) in [5, 5.41) is 0. The van der Waals surface area contributed by atoms with Gasteiger partial charge < -0.3 is 24.0 Å². The summed E-state index contributed by atoms with van der Waals surface area (Å²) in [7, 11) is 1.44. The highest BCUT2D eigenvalue weighted by atomic mass is 19.3. The van der Waals surface area contributed by atoms with Crippen LogP contribution in [0.5, 0.6) is 17.5 Å². The number of alkyl halides is 2. The lowest BCUT2D eigenvalue weighted by molar-refractivity contribution is -0.286. The first-order valence-corrected chi connectivity index (χ1v) is 9.37. The van der Waals surface area contributed by atoms with Crippen LogP contribution in [0.2, 0.25) is 0 Å². The number of amides is 2. The van der Waals surface area contributed by atoms with Crippen molar-refractivity contribution in [3.8, 4) is 17.5 Å². The second-order valence-corrected chi connectivity index (χ2v) is 6.78. The molecule has 0 saturated carbocycles. The van der Waals surface area contributed by atoms with Crippen molar-refractivity contribution in [2.24, 2.45) is 0 Å². The number of halogens is 2. The number of rotatable bonds is 4. The number of piperazine rings is 1. The van der Waals surface area contributed by atoms with Crippen molar-refractivity contribution in [1.82, 2.24) is 19.8 Å². The third-order valence-electron chi connectivity index (χ3n) is 4.78. The van der Waals surface area contributed by atoms with Crippen LogP contribution >= 0.6 is 0 Å². The Bertz CT molecular complexity index is 1020. The van der Waals surface area contributed by atoms with Gasteiger partial charge in [0.25, 0.3) is 5.91 Å². The fourth-order valence-corrected chi connectivity index (χ4v) is 3.19. The molecule has 0 atom stereocenters. The lowest BCUT2D eigenvalue weighted by Gasteiger charge is -2.34. The van der Waals surface area contributed by atoms with Gasteiger partial charge >= 0.3 is 12.3 Å². The predicted molar refractivity (Wildman–Crippen MR) is 103 cm³/mol. The monoisotopic (exact) mass is 432 g/mol. The minimum absolute atomic E-state index is 0.0588. The van der Waals surface area contributed by atoms with Crippen LogP contribution in [0.4, 0.5) is 8.78 Å². The van der Waals surface area contributed by atoms with Crippen molar-refractivity contribution in [3.63, 3.8) is 0 Å². The van der Waals surface area contributed by atoms with Gasteiger partial charge in [0.1, 0.15) is 0 Å². The van der Waals surface area contributed by atoms with E-state index in [0.29, 0.717) is 37.3 Å². The molecule has 2 aromatic rings. The Hall–Kier alpha value is -3.76. The van der Waals surface area contributed by atoms with Gasteiger partial charge in [-0.25, -0.2) is 9.97 Å². The fourth-order valence-electron chi connectivity index (χ4n) is 3.19. The molecule has 0 bridgehead atoms. The number of benzene rings is 1. The van der Waals surface area contributed by atoms with Gasteiger partial charge in [0.2, 0.25) is 5.91 Å². The van der Waals surface area contributed by atoms with Gasteiger partial charge in [-0.05, 0) is 23.8 Å². The number of nitrogens with zero attached hydrogens (tertiary/aromatic N) is 4. The minimum Gasteiger partial charge on any atom is -0.467 e. The molecule has 31 heavy (non-hydrogen) atoms. The maximum absolute atomic E-state index is 13.1. The molecule has 3 heterocycles. The van der Waals surface area contributed by atoms with Gasteiger partial charge in [0.05, 0.1) is 12.7 Å². The van der Waals surface area contributed by atoms with Gasteiger partial charge in [-0.1, -0.05) is 6.07 Å². The average molecular weight is 432 g/mol. The van der Waals surface area contributed by atoms with Crippen LogP contribution in [-0.2, 0) is 4.79 Å². The summed E-state index contributed by atoms with van der Waals surface area (Å²) in [6.07, 6.45) is 1.97. The molecule has 0 spiro atoms. The smallest absolute Gasteiger partial charge is 0.467 e. The van der Waals surface area contributed by atoms with Crippen LogP contribution in [0.3, 0.4) is 0 Å². The van der Waals surface area contributed by atoms with Crippen LogP contribution < -0.4 is 14.2 Å². The summed E-state index contributed by atoms with van der Waals surface area (Å²) < 4.78 is 39.8. The largest absolute Gasteiger partial charge is 0.586 e. The first-order valence-electron chi connectivity index (χ1n) is 9.37. The summed E-state index contributed by atoms with van der Waals surface area (Å²) in [5.41, 5.74) is 0.857. The molecule has 2 aliphatic rings. The molecule has 0 radical (unpaired) electrons. The summed E-state index contributed by atoms with van der Waals surface area (Å²) in [6.45, 7) is 1.45. The number of fused-ring (bicyclic) bond motifs is 1. The van der Waals surface area contributed by atoms with E-state index in [9.17, 15) is 18.4 Å². The van der Waals surface area contributed by atoms with Crippen molar-refractivity contribution in [2.75, 3.05) is 33.3 Å². The summed E-state index contributed by atoms with van der Waals surface area (Å²) in [4.78, 5) is 36.1. The maximum atomic E-state index is 13.1. The quantitative estimate of drug-likeness (QED) is 0.680. The Morgan fingerprint density at radius 2 is 1.71 bits per heavy atom. The molecule has 1 aromatic carbocycles. The first kappa shape index (κ1) is 20.5. The lowest BCUT2D eigenvalue weighted by Crippen LogP contribution is -2.50. The second kappa shape index (κ2) is 8.17. The maximum Gasteiger partial charge on any atom is 0.586 e. The predicted octanol–water partition coefficient (Wildman–Crippen LogP) is 1.80. The Morgan fingerprint density at radius 1 is 1.06 bits per heavy atom. The zero-order valence-electron chi connectivity index (χ0n) is 16.5. The van der Waals surface area contributed by atoms with E-state index in [0.717, 1.165) is 0 Å². The van der Waals surface area contributed by atoms with Crippen LogP contribution in [0, 0.1) is 0 Å². The zero-order valence-corrected chi connectivity index (χ0v) is 16.5. The van der Waals surface area contributed by atoms with E-state index in [2.05, 4.69) is 19.4 Å². The normalized spacial score (nSPS) is 17.1. The van der Waals surface area contributed by atoms with Crippen molar-refractivity contribution in [3.05, 3.63) is 47.8 Å². The topological polar surface area (TPSA) is 94.1 Å².